The average Bonchev–Trinajstić information content (AvgIpc) is 2.94. The van der Waals surface area contributed by atoms with Crippen LogP contribution < -0.4 is 10.2 Å². The lowest BCUT2D eigenvalue weighted by atomic mass is 9.81. The summed E-state index contributed by atoms with van der Waals surface area (Å²) in [6.45, 7) is 1.99. The molecule has 0 amide bonds. The summed E-state index contributed by atoms with van der Waals surface area (Å²) in [5, 5.41) is 18.7. The molecule has 0 unspecified atom stereocenters. The summed E-state index contributed by atoms with van der Waals surface area (Å²) in [6.07, 6.45) is 0.0799. The predicted molar refractivity (Wildman–Crippen MR) is 86.2 cm³/mol. The monoisotopic (exact) mass is 337 g/mol. The first-order valence-electron chi connectivity index (χ1n) is 6.99. The molecule has 2 heterocycles. The maximum atomic E-state index is 12.1. The number of rotatable bonds is 7. The fraction of sp³-hybridized carbons (Fsp3) is 0.357. The fourth-order valence-corrected chi connectivity index (χ4v) is 3.04. The Kier molecular flexibility index (Phi) is 5.70. The maximum absolute atomic E-state index is 12.1. The van der Waals surface area contributed by atoms with Gasteiger partial charge in [-0.3, -0.25) is 9.59 Å². The van der Waals surface area contributed by atoms with Gasteiger partial charge in [-0.15, -0.1) is 11.3 Å². The minimum Gasteiger partial charge on any atom is -0.481 e. The van der Waals surface area contributed by atoms with Crippen LogP contribution in [0.5, 0.6) is 5.88 Å². The molecule has 0 bridgehead atoms. The van der Waals surface area contributed by atoms with E-state index in [1.807, 2.05) is 0 Å². The van der Waals surface area contributed by atoms with E-state index >= 15 is 0 Å². The highest BCUT2D eigenvalue weighted by Gasteiger charge is 2.21. The second-order valence-electron chi connectivity index (χ2n) is 4.68. The van der Waals surface area contributed by atoms with Crippen LogP contribution in [0.15, 0.2) is 12.1 Å². The van der Waals surface area contributed by atoms with Crippen molar-refractivity contribution < 1.29 is 29.1 Å². The number of pyridine rings is 1. The van der Waals surface area contributed by atoms with Crippen LogP contribution in [0.4, 0.5) is 0 Å². The molecule has 0 aliphatic rings. The van der Waals surface area contributed by atoms with Gasteiger partial charge >= 0.3 is 13.1 Å². The number of carbonyl (C=O) groups excluding carboxylic acids is 2. The number of carbonyl (C=O) groups is 2. The summed E-state index contributed by atoms with van der Waals surface area (Å²) < 4.78 is 10.4. The molecule has 0 aliphatic carbocycles. The standard InChI is InChI=1S/C14H16BNO6S/c1-3-22-13(18)5-4-10(17)12-7-9-11(23-12)6-8(15(19)20)14(16-9)21-2/h6-7,19-20H,3-5H2,1-2H3. The molecule has 0 saturated carbocycles. The van der Waals surface area contributed by atoms with Crippen molar-refractivity contribution in [3.05, 3.63) is 17.0 Å². The normalized spacial score (nSPS) is 10.6. The minimum absolute atomic E-state index is 0.0261. The Balaban J connectivity index is 2.22. The average molecular weight is 337 g/mol. The summed E-state index contributed by atoms with van der Waals surface area (Å²) in [5.74, 6) is -0.505. The molecule has 0 aromatic carbocycles. The van der Waals surface area contributed by atoms with Crippen LogP contribution in [0.2, 0.25) is 0 Å². The number of esters is 1. The molecular formula is C14H16BNO6S. The van der Waals surface area contributed by atoms with E-state index < -0.39 is 13.1 Å². The molecule has 9 heteroatoms. The summed E-state index contributed by atoms with van der Waals surface area (Å²) in [7, 11) is -0.343. The van der Waals surface area contributed by atoms with Crippen molar-refractivity contribution in [2.75, 3.05) is 13.7 Å². The van der Waals surface area contributed by atoms with Crippen LogP contribution >= 0.6 is 11.3 Å². The van der Waals surface area contributed by atoms with Gasteiger partial charge in [0.25, 0.3) is 0 Å². The smallest absolute Gasteiger partial charge is 0.481 e. The molecule has 0 aliphatic heterocycles. The Hall–Kier alpha value is -1.97. The number of aromatic nitrogens is 1. The molecule has 2 N–H and O–H groups in total. The van der Waals surface area contributed by atoms with Gasteiger partial charge in [0, 0.05) is 11.9 Å². The molecule has 23 heavy (non-hydrogen) atoms. The maximum Gasteiger partial charge on any atom is 0.494 e. The van der Waals surface area contributed by atoms with Crippen molar-refractivity contribution in [3.63, 3.8) is 0 Å². The summed E-state index contributed by atoms with van der Waals surface area (Å²) in [6, 6.07) is 3.13. The highest BCUT2D eigenvalue weighted by Crippen LogP contribution is 2.26. The predicted octanol–water partition coefficient (Wildman–Crippen LogP) is 0.511. The number of hydrogen-bond donors (Lipinski definition) is 2. The number of thiophene rings is 1. The molecule has 0 spiro atoms. The van der Waals surface area contributed by atoms with Crippen LogP contribution in [0.25, 0.3) is 10.2 Å². The van der Waals surface area contributed by atoms with E-state index in [0.29, 0.717) is 15.1 Å². The van der Waals surface area contributed by atoms with E-state index in [0.717, 1.165) is 0 Å². The van der Waals surface area contributed by atoms with Crippen LogP contribution in [-0.4, -0.2) is 47.6 Å². The number of ketones is 1. The van der Waals surface area contributed by atoms with Crippen LogP contribution in [0.3, 0.4) is 0 Å². The Labute approximate surface area is 137 Å². The summed E-state index contributed by atoms with van der Waals surface area (Å²) >= 11 is 1.18. The number of nitrogens with zero attached hydrogens (tertiary/aromatic N) is 1. The quantitative estimate of drug-likeness (QED) is 0.431. The van der Waals surface area contributed by atoms with Crippen molar-refractivity contribution in [3.8, 4) is 5.88 Å². The SMILES string of the molecule is CCOC(=O)CCC(=O)c1cc2nc(OC)c(B(O)O)cc2s1. The zero-order valence-electron chi connectivity index (χ0n) is 12.7. The third-order valence-corrected chi connectivity index (χ3v) is 4.22. The molecule has 0 fully saturated rings. The Morgan fingerprint density at radius 2 is 2.04 bits per heavy atom. The van der Waals surface area contributed by atoms with E-state index in [2.05, 4.69) is 4.98 Å². The van der Waals surface area contributed by atoms with Gasteiger partial charge < -0.3 is 19.5 Å². The number of hydrogen-bond acceptors (Lipinski definition) is 8. The number of Topliss-reactive ketones (excluding diaryl/α,β-unsaturated/α-hetero) is 1. The molecule has 0 saturated heterocycles. The van der Waals surface area contributed by atoms with Crippen LogP contribution in [0, 0.1) is 0 Å². The van der Waals surface area contributed by atoms with Gasteiger partial charge in [-0.1, -0.05) is 0 Å². The summed E-state index contributed by atoms with van der Waals surface area (Å²) in [5.41, 5.74) is 0.656. The van der Waals surface area contributed by atoms with Gasteiger partial charge in [-0.25, -0.2) is 4.98 Å². The molecular weight excluding hydrogens is 321 g/mol. The Bertz CT molecular complexity index is 729. The van der Waals surface area contributed by atoms with E-state index in [1.54, 1.807) is 13.0 Å². The van der Waals surface area contributed by atoms with E-state index in [1.165, 1.54) is 24.5 Å². The van der Waals surface area contributed by atoms with Gasteiger partial charge in [0.05, 0.1) is 35.2 Å². The Morgan fingerprint density at radius 1 is 1.30 bits per heavy atom. The van der Waals surface area contributed by atoms with Gasteiger partial charge in [0.1, 0.15) is 0 Å². The molecule has 0 radical (unpaired) electrons. The van der Waals surface area contributed by atoms with Gasteiger partial charge in [-0.05, 0) is 19.1 Å². The van der Waals surface area contributed by atoms with Gasteiger partial charge in [0.15, 0.2) is 5.78 Å². The highest BCUT2D eigenvalue weighted by molar-refractivity contribution is 7.20. The lowest BCUT2D eigenvalue weighted by Crippen LogP contribution is -2.31. The molecule has 2 aromatic heterocycles. The van der Waals surface area contributed by atoms with Crippen molar-refractivity contribution in [1.82, 2.24) is 4.98 Å². The Morgan fingerprint density at radius 3 is 2.65 bits per heavy atom. The van der Waals surface area contributed by atoms with Crippen molar-refractivity contribution in [2.45, 2.75) is 19.8 Å². The second kappa shape index (κ2) is 7.54. The first-order valence-corrected chi connectivity index (χ1v) is 7.81. The summed E-state index contributed by atoms with van der Waals surface area (Å²) in [4.78, 5) is 28.1. The minimum atomic E-state index is -1.72. The van der Waals surface area contributed by atoms with Crippen LogP contribution in [0.1, 0.15) is 29.4 Å². The number of fused-ring (bicyclic) bond motifs is 1. The largest absolute Gasteiger partial charge is 0.494 e. The topological polar surface area (TPSA) is 106 Å². The van der Waals surface area contributed by atoms with E-state index in [9.17, 15) is 19.6 Å². The fourth-order valence-electron chi connectivity index (χ4n) is 2.02. The lowest BCUT2D eigenvalue weighted by Gasteiger charge is -2.05. The van der Waals surface area contributed by atoms with Crippen molar-refractivity contribution in [1.29, 1.82) is 0 Å². The number of methoxy groups -OCH3 is 1. The first-order chi connectivity index (χ1) is 11.0. The van der Waals surface area contributed by atoms with Crippen molar-refractivity contribution in [2.24, 2.45) is 0 Å². The van der Waals surface area contributed by atoms with Crippen LogP contribution in [-0.2, 0) is 9.53 Å². The van der Waals surface area contributed by atoms with E-state index in [-0.39, 0.29) is 36.6 Å². The third kappa shape index (κ3) is 4.07. The molecule has 0 atom stereocenters. The third-order valence-electron chi connectivity index (χ3n) is 3.10. The first kappa shape index (κ1) is 17.4. The molecule has 2 rings (SSSR count). The van der Waals surface area contributed by atoms with Gasteiger partial charge in [-0.2, -0.15) is 0 Å². The second-order valence-corrected chi connectivity index (χ2v) is 5.77. The zero-order valence-corrected chi connectivity index (χ0v) is 13.6. The van der Waals surface area contributed by atoms with Crippen molar-refractivity contribution >= 4 is 45.9 Å². The van der Waals surface area contributed by atoms with E-state index in [4.69, 9.17) is 9.47 Å². The zero-order chi connectivity index (χ0) is 17.0. The highest BCUT2D eigenvalue weighted by atomic mass is 32.1. The molecule has 122 valence electrons. The van der Waals surface area contributed by atoms with Gasteiger partial charge in [0.2, 0.25) is 5.88 Å². The lowest BCUT2D eigenvalue weighted by molar-refractivity contribution is -0.143. The number of ether oxygens (including phenoxy) is 2. The molecule has 2 aromatic rings. The molecule has 7 nitrogen and oxygen atoms in total.